The zero-order valence-electron chi connectivity index (χ0n) is 76.4. The monoisotopic (exact) mass is 1790 g/mol. The molecule has 0 fully saturated rings. The largest absolute Gasteiger partial charge is 0.264 e. The molecule has 25 aromatic rings. The van der Waals surface area contributed by atoms with Gasteiger partial charge in [0, 0.05) is 103 Å². The topological polar surface area (TPSA) is 116 Å². The first-order valence-corrected chi connectivity index (χ1v) is 47.4. The molecule has 0 radical (unpaired) electrons. The highest BCUT2D eigenvalue weighted by molar-refractivity contribution is 6.14. The first-order chi connectivity index (χ1) is 69.3. The highest BCUT2D eigenvalue weighted by atomic mass is 14.9. The molecule has 6 aromatic heterocycles. The molecule has 0 saturated carbocycles. The zero-order chi connectivity index (χ0) is 93.0. The Morgan fingerprint density at radius 2 is 0.493 bits per heavy atom. The maximum atomic E-state index is 5.27. The molecule has 9 nitrogen and oxygen atoms in total. The number of fused-ring (bicyclic) bond motifs is 9. The number of rotatable bonds is 15. The van der Waals surface area contributed by atoms with E-state index in [1.807, 2.05) is 36.8 Å². The second-order valence-electron chi connectivity index (χ2n) is 35.4. The average molecular weight is 1790 g/mol. The summed E-state index contributed by atoms with van der Waals surface area (Å²) in [4.78, 5) is 44.5. The van der Waals surface area contributed by atoms with Crippen molar-refractivity contribution < 1.29 is 0 Å². The number of hydrogen-bond acceptors (Lipinski definition) is 9. The molecule has 6 heterocycles. The minimum Gasteiger partial charge on any atom is -0.264 e. The third-order valence-electron chi connectivity index (χ3n) is 26.8. The maximum Gasteiger partial charge on any atom is 0.161 e. The van der Waals surface area contributed by atoms with Crippen molar-refractivity contribution >= 4 is 81.0 Å². The van der Waals surface area contributed by atoms with Gasteiger partial charge >= 0.3 is 0 Å². The first-order valence-electron chi connectivity index (χ1n) is 47.4. The summed E-state index contributed by atoms with van der Waals surface area (Å²) < 4.78 is 0. The highest BCUT2D eigenvalue weighted by Crippen LogP contribution is 2.43. The van der Waals surface area contributed by atoms with Crippen LogP contribution >= 0.6 is 0 Å². The molecule has 0 bridgehead atoms. The fourth-order valence-electron chi connectivity index (χ4n) is 19.7. The third kappa shape index (κ3) is 17.2. The molecule has 1 aliphatic rings. The Labute approximate surface area is 811 Å². The van der Waals surface area contributed by atoms with Crippen LogP contribution in [0.1, 0.15) is 23.2 Å². The van der Waals surface area contributed by atoms with Crippen molar-refractivity contribution in [1.82, 2.24) is 44.9 Å². The van der Waals surface area contributed by atoms with Crippen molar-refractivity contribution in [3.63, 3.8) is 0 Å². The molecule has 0 aliphatic heterocycles. The lowest BCUT2D eigenvalue weighted by Gasteiger charge is -2.18. The average Bonchev–Trinajstić information content (AvgIpc) is 0.751. The van der Waals surface area contributed by atoms with Crippen LogP contribution in [0.15, 0.2) is 504 Å². The Morgan fingerprint density at radius 3 is 0.964 bits per heavy atom. The quantitative estimate of drug-likeness (QED) is 0.0925. The lowest BCUT2D eigenvalue weighted by Crippen LogP contribution is -2.03. The minimum atomic E-state index is 0.702. The van der Waals surface area contributed by atoms with Crippen LogP contribution in [0.25, 0.3) is 238 Å². The summed E-state index contributed by atoms with van der Waals surface area (Å²) in [5.74, 6) is 2.12. The minimum absolute atomic E-state index is 0.702. The van der Waals surface area contributed by atoms with Gasteiger partial charge in [-0.05, 0) is 211 Å². The van der Waals surface area contributed by atoms with E-state index in [4.69, 9.17) is 29.9 Å². The Hall–Kier alpha value is -18.6. The van der Waals surface area contributed by atoms with Crippen LogP contribution in [0, 0.1) is 0 Å². The van der Waals surface area contributed by atoms with E-state index in [0.29, 0.717) is 17.5 Å². The predicted molar refractivity (Wildman–Crippen MR) is 580 cm³/mol. The van der Waals surface area contributed by atoms with Crippen LogP contribution in [0.3, 0.4) is 0 Å². The van der Waals surface area contributed by atoms with Gasteiger partial charge in [0.25, 0.3) is 0 Å². The van der Waals surface area contributed by atoms with Crippen molar-refractivity contribution in [3.8, 4) is 157 Å². The summed E-state index contributed by atoms with van der Waals surface area (Å²) >= 11 is 0. The molecule has 140 heavy (non-hydrogen) atoms. The van der Waals surface area contributed by atoms with E-state index in [2.05, 4.69) is 470 Å². The van der Waals surface area contributed by atoms with Crippen LogP contribution in [-0.2, 0) is 6.42 Å². The third-order valence-corrected chi connectivity index (χ3v) is 26.8. The molecule has 9 heteroatoms. The SMILES string of the molecule is C1=C(c2cccc(-c3cc(-c4ccc(-c5cccc6ccccc56)cc4)nc(-c4cccc5ccccc45)n3)c2)c2cccnc2CC1.c1cncc(-c2cccc(-c3cc(-c4ccc(-c5cccc6ccccc56)cc4)nc(-c4cc5ccccc5c5ccccc45)n3)c2)c1.c1cncc(-c2cccc(-c3cc(-c4ccc(-c5cccc6ccccc56)cc4)nc(-c4ccc5ccccc5c4)n3)c2)c1. The molecule has 0 unspecified atom stereocenters. The molecule has 0 spiro atoms. The van der Waals surface area contributed by atoms with Gasteiger partial charge in [-0.1, -0.05) is 406 Å². The lowest BCUT2D eigenvalue weighted by atomic mass is 9.89. The van der Waals surface area contributed by atoms with E-state index in [0.717, 1.165) is 136 Å². The lowest BCUT2D eigenvalue weighted by molar-refractivity contribution is 0.920. The number of allylic oxidation sites excluding steroid dienone is 1. The number of pyridine rings is 3. The summed E-state index contributed by atoms with van der Waals surface area (Å²) in [6, 6.07) is 165. The van der Waals surface area contributed by atoms with Crippen molar-refractivity contribution in [1.29, 1.82) is 0 Å². The van der Waals surface area contributed by atoms with Gasteiger partial charge in [-0.25, -0.2) is 29.9 Å². The highest BCUT2D eigenvalue weighted by Gasteiger charge is 2.23. The van der Waals surface area contributed by atoms with Gasteiger partial charge in [0.05, 0.1) is 34.2 Å². The molecule has 1 aliphatic carbocycles. The number of aromatic nitrogens is 9. The maximum absolute atomic E-state index is 5.27. The molecular weight excluding hydrogens is 1700 g/mol. The molecular formula is C131H87N9. The second kappa shape index (κ2) is 37.7. The van der Waals surface area contributed by atoms with E-state index < -0.39 is 0 Å². The molecule has 0 atom stereocenters. The molecule has 0 saturated heterocycles. The Balaban J connectivity index is 0.000000114. The fourth-order valence-corrected chi connectivity index (χ4v) is 19.7. The summed E-state index contributed by atoms with van der Waals surface area (Å²) in [5.41, 5.74) is 30.9. The smallest absolute Gasteiger partial charge is 0.161 e. The van der Waals surface area contributed by atoms with Gasteiger partial charge in [0.15, 0.2) is 17.5 Å². The summed E-state index contributed by atoms with van der Waals surface area (Å²) in [7, 11) is 0. The number of benzene rings is 19. The van der Waals surface area contributed by atoms with E-state index in [1.54, 1.807) is 12.4 Å². The zero-order valence-corrected chi connectivity index (χ0v) is 76.4. The van der Waals surface area contributed by atoms with E-state index in [-0.39, 0.29) is 0 Å². The summed E-state index contributed by atoms with van der Waals surface area (Å²) in [6.45, 7) is 0. The van der Waals surface area contributed by atoms with Gasteiger partial charge < -0.3 is 0 Å². The van der Waals surface area contributed by atoms with E-state index in [1.165, 1.54) is 115 Å². The summed E-state index contributed by atoms with van der Waals surface area (Å²) in [6.07, 6.45) is 13.6. The van der Waals surface area contributed by atoms with Crippen LogP contribution < -0.4 is 0 Å². The van der Waals surface area contributed by atoms with Crippen LogP contribution in [0.2, 0.25) is 0 Å². The van der Waals surface area contributed by atoms with Crippen LogP contribution in [0.4, 0.5) is 0 Å². The Bertz CT molecular complexity index is 9030. The molecule has 656 valence electrons. The van der Waals surface area contributed by atoms with E-state index >= 15 is 0 Å². The van der Waals surface area contributed by atoms with Crippen molar-refractivity contribution in [2.24, 2.45) is 0 Å². The van der Waals surface area contributed by atoms with Gasteiger partial charge in [-0.3, -0.25) is 15.0 Å². The van der Waals surface area contributed by atoms with Gasteiger partial charge in [-0.2, -0.15) is 0 Å². The van der Waals surface area contributed by atoms with Crippen molar-refractivity contribution in [3.05, 3.63) is 521 Å². The van der Waals surface area contributed by atoms with Crippen LogP contribution in [0.5, 0.6) is 0 Å². The Morgan fingerprint density at radius 1 is 0.164 bits per heavy atom. The van der Waals surface area contributed by atoms with Gasteiger partial charge in [-0.15, -0.1) is 0 Å². The fraction of sp³-hybridized carbons (Fsp3) is 0.0153. The summed E-state index contributed by atoms with van der Waals surface area (Å²) in [5, 5.41) is 16.9. The molecule has 0 N–H and O–H groups in total. The molecule has 19 aromatic carbocycles. The standard InChI is InChI=1S/C45H31N3.C45H29N3.C41H27N3/c1-3-16-36-30(10-1)12-6-18-37(36)32-23-25-33(26-24-32)43-29-44(48-45(47-43)41-20-7-13-31-11-2-4-17-38(31)41)35-15-5-14-34(28-35)39-19-8-22-42-40(39)21-9-27-46-42;1-3-16-37-30(10-1)12-8-20-38(37)31-21-23-32(24-22-31)43-28-44(35-14-7-13-33(26-35)36-15-9-25-46-29-36)48-45(47-43)42-27-34-11-2-4-17-39(34)40-18-5-6-19-41(40)42;1-2-10-32-25-35(22-17-28(32)8-1)41-43-39(26-40(44-41)34-13-5-12-33(24-34)36-14-7-23-42-27-36)31-20-18-30(19-21-31)38-16-6-11-29-9-3-4-15-37(29)38/h1-7,9-21,23-29H,8,22H2;1-29H;1-27H. The number of hydrogen-bond donors (Lipinski definition) is 0. The molecule has 26 rings (SSSR count). The van der Waals surface area contributed by atoms with Crippen molar-refractivity contribution in [2.45, 2.75) is 12.8 Å². The van der Waals surface area contributed by atoms with E-state index in [9.17, 15) is 0 Å². The first kappa shape index (κ1) is 84.4. The van der Waals surface area contributed by atoms with Gasteiger partial charge in [0.2, 0.25) is 0 Å². The van der Waals surface area contributed by atoms with Crippen LogP contribution in [-0.4, -0.2) is 44.9 Å². The second-order valence-corrected chi connectivity index (χ2v) is 35.4. The Kier molecular flexibility index (Phi) is 22.7. The predicted octanol–water partition coefficient (Wildman–Crippen LogP) is 33.4. The normalized spacial score (nSPS) is 11.7. The number of nitrogens with zero attached hydrogens (tertiary/aromatic N) is 9. The van der Waals surface area contributed by atoms with Crippen molar-refractivity contribution in [2.75, 3.05) is 0 Å². The van der Waals surface area contributed by atoms with Gasteiger partial charge in [0.1, 0.15) is 0 Å². The number of aryl methyl sites for hydroxylation is 1. The molecule has 0 amide bonds.